The van der Waals surface area contributed by atoms with Crippen LogP contribution in [-0.2, 0) is 29.3 Å². The van der Waals surface area contributed by atoms with Crippen LogP contribution in [0.5, 0.6) is 11.5 Å². The number of carbonyl (C=O) groups excluding carboxylic acids is 3. The van der Waals surface area contributed by atoms with Gasteiger partial charge < -0.3 is 40.0 Å². The van der Waals surface area contributed by atoms with Crippen molar-refractivity contribution in [1.29, 1.82) is 0 Å². The third-order valence-corrected chi connectivity index (χ3v) is 9.26. The number of aryl methyl sites for hydroxylation is 1. The fraction of sp³-hybridized carbons (Fsp3) is 0.621. The fourth-order valence-corrected chi connectivity index (χ4v) is 6.81. The topological polar surface area (TPSA) is 147 Å². The van der Waals surface area contributed by atoms with E-state index >= 15 is 0 Å². The lowest BCUT2D eigenvalue weighted by Gasteiger charge is -2.58. The Hall–Kier alpha value is -3.15. The molecule has 1 amide bonds. The number of amides is 1. The predicted molar refractivity (Wildman–Crippen MR) is 144 cm³/mol. The summed E-state index contributed by atoms with van der Waals surface area (Å²) in [4.78, 5) is 40.2. The highest BCUT2D eigenvalue weighted by atomic mass is 16.6. The van der Waals surface area contributed by atoms with Crippen molar-refractivity contribution >= 4 is 17.8 Å². The normalized spacial score (nSPS) is 32.5. The van der Waals surface area contributed by atoms with Crippen LogP contribution < -0.4 is 15.4 Å². The number of phenolic OH excluding ortho intramolecular Hbond substituents is 1. The van der Waals surface area contributed by atoms with Crippen LogP contribution in [0.2, 0.25) is 0 Å². The zero-order chi connectivity index (χ0) is 29.0. The van der Waals surface area contributed by atoms with Crippen molar-refractivity contribution in [3.05, 3.63) is 35.1 Å². The highest BCUT2D eigenvalue weighted by Gasteiger charge is 2.69. The van der Waals surface area contributed by atoms with E-state index < -0.39 is 41.2 Å². The number of phenols is 1. The molecule has 4 aliphatic rings. The third kappa shape index (κ3) is 4.35. The number of nitrogens with zero attached hydrogens (tertiary/aromatic N) is 1. The number of hydrogen-bond donors (Lipinski definition) is 4. The van der Waals surface area contributed by atoms with E-state index in [-0.39, 0.29) is 41.7 Å². The number of carbonyl (C=O) groups is 3. The molecule has 0 aromatic heterocycles. The number of fused-ring (bicyclic) bond motifs is 1. The van der Waals surface area contributed by atoms with Crippen LogP contribution in [-0.4, -0.2) is 89.0 Å². The van der Waals surface area contributed by atoms with E-state index in [4.69, 9.17) is 14.2 Å². The Labute approximate surface area is 233 Å². The van der Waals surface area contributed by atoms with E-state index in [0.29, 0.717) is 19.4 Å². The molecule has 11 nitrogen and oxygen atoms in total. The van der Waals surface area contributed by atoms with E-state index in [1.165, 1.54) is 13.8 Å². The average Bonchev–Trinajstić information content (AvgIpc) is 3.58. The number of ether oxygens (including phenoxy) is 3. The zero-order valence-corrected chi connectivity index (χ0v) is 23.7. The second-order valence-corrected chi connectivity index (χ2v) is 11.6. The first-order valence-corrected chi connectivity index (χ1v) is 14.0. The van der Waals surface area contributed by atoms with E-state index in [2.05, 4.69) is 15.5 Å². The van der Waals surface area contributed by atoms with Crippen molar-refractivity contribution in [2.75, 3.05) is 20.1 Å². The molecule has 11 heteroatoms. The van der Waals surface area contributed by atoms with Gasteiger partial charge in [0.1, 0.15) is 11.8 Å². The maximum atomic E-state index is 13.1. The lowest BCUT2D eigenvalue weighted by Crippen LogP contribution is -2.71. The standard InChI is InChI=1S/C29H39N3O8/c1-15-8-9-20(33)23-22(15)28-12-14-32(5)18(4)29(28,37)11-10-21(24(28)40-23)39-27(36)17(3)38-26(35)16(2)31-25(34)19-7-6-13-30-19/h8-10,16-19,24,30,33,37H,6-7,11-14H2,1-5H3,(H,31,34)/t16-,17-,18+,19-,24-,28-,29+/m0/s1. The summed E-state index contributed by atoms with van der Waals surface area (Å²) in [7, 11) is 1.96. The van der Waals surface area contributed by atoms with Gasteiger partial charge in [0.05, 0.1) is 17.1 Å². The summed E-state index contributed by atoms with van der Waals surface area (Å²) in [6.07, 6.45) is 1.82. The molecule has 2 saturated heterocycles. The number of nitrogens with one attached hydrogen (secondary N) is 2. The van der Waals surface area contributed by atoms with E-state index in [1.54, 1.807) is 18.2 Å². The first kappa shape index (κ1) is 28.4. The van der Waals surface area contributed by atoms with E-state index in [0.717, 1.165) is 24.1 Å². The van der Waals surface area contributed by atoms with Gasteiger partial charge in [0.15, 0.2) is 23.7 Å². The van der Waals surface area contributed by atoms with Crippen LogP contribution >= 0.6 is 0 Å². The quantitative estimate of drug-likeness (QED) is 0.376. The van der Waals surface area contributed by atoms with Crippen molar-refractivity contribution in [2.24, 2.45) is 0 Å². The Morgan fingerprint density at radius 1 is 1.25 bits per heavy atom. The molecule has 2 fully saturated rings. The summed E-state index contributed by atoms with van der Waals surface area (Å²) < 4.78 is 17.4. The van der Waals surface area contributed by atoms with Crippen LogP contribution in [0.4, 0.5) is 0 Å². The van der Waals surface area contributed by atoms with E-state index in [9.17, 15) is 24.6 Å². The summed E-state index contributed by atoms with van der Waals surface area (Å²) in [6, 6.07) is 1.81. The second-order valence-electron chi connectivity index (χ2n) is 11.6. The van der Waals surface area contributed by atoms with Crippen molar-refractivity contribution in [3.8, 4) is 11.5 Å². The highest BCUT2D eigenvalue weighted by Crippen LogP contribution is 2.62. The Balaban J connectivity index is 1.34. The van der Waals surface area contributed by atoms with Crippen LogP contribution in [0.15, 0.2) is 24.0 Å². The number of aromatic hydroxyl groups is 1. The summed E-state index contributed by atoms with van der Waals surface area (Å²) in [5, 5.41) is 28.6. The van der Waals surface area contributed by atoms with Crippen LogP contribution in [0.1, 0.15) is 57.6 Å². The zero-order valence-electron chi connectivity index (χ0n) is 23.7. The van der Waals surface area contributed by atoms with Gasteiger partial charge >= 0.3 is 11.9 Å². The van der Waals surface area contributed by atoms with Gasteiger partial charge in [-0.2, -0.15) is 0 Å². The summed E-state index contributed by atoms with van der Waals surface area (Å²) in [6.45, 7) is 8.19. The minimum atomic E-state index is -1.26. The fourth-order valence-electron chi connectivity index (χ4n) is 6.81. The van der Waals surface area contributed by atoms with Crippen molar-refractivity contribution < 1.29 is 38.8 Å². The smallest absolute Gasteiger partial charge is 0.352 e. The molecule has 3 heterocycles. The van der Waals surface area contributed by atoms with Crippen molar-refractivity contribution in [1.82, 2.24) is 15.5 Å². The number of piperidine rings is 1. The van der Waals surface area contributed by atoms with Crippen LogP contribution in [0.3, 0.4) is 0 Å². The average molecular weight is 558 g/mol. The van der Waals surface area contributed by atoms with Gasteiger partial charge in [-0.25, -0.2) is 9.59 Å². The van der Waals surface area contributed by atoms with Crippen molar-refractivity contribution in [3.63, 3.8) is 0 Å². The maximum absolute atomic E-state index is 13.1. The summed E-state index contributed by atoms with van der Waals surface area (Å²) >= 11 is 0. The van der Waals surface area contributed by atoms with Gasteiger partial charge in [-0.05, 0) is 84.8 Å². The molecule has 1 aliphatic carbocycles. The minimum absolute atomic E-state index is 0.0462. The molecule has 5 rings (SSSR count). The third-order valence-electron chi connectivity index (χ3n) is 9.26. The number of hydrogen-bond acceptors (Lipinski definition) is 10. The Morgan fingerprint density at radius 3 is 2.70 bits per heavy atom. The van der Waals surface area contributed by atoms with Gasteiger partial charge in [-0.3, -0.25) is 4.79 Å². The largest absolute Gasteiger partial charge is 0.504 e. The van der Waals surface area contributed by atoms with Crippen molar-refractivity contribution in [2.45, 2.75) is 94.7 Å². The summed E-state index contributed by atoms with van der Waals surface area (Å²) in [5.74, 6) is -1.41. The number of esters is 2. The molecule has 1 aromatic rings. The number of aliphatic hydroxyl groups is 1. The lowest BCUT2D eigenvalue weighted by molar-refractivity contribution is -0.172. The number of benzene rings is 1. The first-order chi connectivity index (χ1) is 18.9. The number of likely N-dealkylation sites (N-methyl/N-ethyl adjacent to an activating group) is 1. The van der Waals surface area contributed by atoms with Gasteiger partial charge in [0, 0.05) is 18.0 Å². The predicted octanol–water partition coefficient (Wildman–Crippen LogP) is 1.17. The molecular weight excluding hydrogens is 518 g/mol. The minimum Gasteiger partial charge on any atom is -0.504 e. The van der Waals surface area contributed by atoms with Gasteiger partial charge in [0.2, 0.25) is 5.91 Å². The molecule has 7 atom stereocenters. The van der Waals surface area contributed by atoms with Gasteiger partial charge in [-0.1, -0.05) is 6.07 Å². The second kappa shape index (κ2) is 10.4. The molecule has 218 valence electrons. The van der Waals surface area contributed by atoms with Crippen LogP contribution in [0.25, 0.3) is 0 Å². The highest BCUT2D eigenvalue weighted by molar-refractivity contribution is 5.88. The molecule has 1 spiro atoms. The Kier molecular flexibility index (Phi) is 7.35. The number of rotatable bonds is 6. The molecule has 4 N–H and O–H groups in total. The molecule has 0 radical (unpaired) electrons. The van der Waals surface area contributed by atoms with E-state index in [1.807, 2.05) is 20.9 Å². The molecule has 1 aromatic carbocycles. The molecule has 0 saturated carbocycles. The Morgan fingerprint density at radius 2 is 2.00 bits per heavy atom. The Bertz CT molecular complexity index is 1240. The summed E-state index contributed by atoms with van der Waals surface area (Å²) in [5.41, 5.74) is -0.634. The lowest BCUT2D eigenvalue weighted by atomic mass is 9.54. The van der Waals surface area contributed by atoms with Gasteiger partial charge in [-0.15, -0.1) is 0 Å². The maximum Gasteiger partial charge on any atom is 0.352 e. The van der Waals surface area contributed by atoms with Gasteiger partial charge in [0.25, 0.3) is 0 Å². The molecule has 0 bridgehead atoms. The molecule has 40 heavy (non-hydrogen) atoms. The molecule has 3 aliphatic heterocycles. The number of likely N-dealkylation sites (tertiary alicyclic amines) is 1. The first-order valence-electron chi connectivity index (χ1n) is 14.0. The molecular formula is C29H39N3O8. The SMILES string of the molecule is Cc1ccc(O)c2c1[C@]13CCN(C)[C@H](C)[C@]1(O)CC=C(OC(=O)[C@H](C)OC(=O)[C@H](C)NC(=O)[C@@H]1CCCN1)[C@@H]3O2. The van der Waals surface area contributed by atoms with Crippen LogP contribution in [0, 0.1) is 6.92 Å². The molecule has 0 unspecified atom stereocenters. The monoisotopic (exact) mass is 557 g/mol.